The fourth-order valence-corrected chi connectivity index (χ4v) is 2.24. The predicted molar refractivity (Wildman–Crippen MR) is 72.6 cm³/mol. The number of halogens is 1. The van der Waals surface area contributed by atoms with E-state index in [1.807, 2.05) is 31.2 Å². The highest BCUT2D eigenvalue weighted by atomic mass is 35.5. The van der Waals surface area contributed by atoms with E-state index in [1.54, 1.807) is 0 Å². The van der Waals surface area contributed by atoms with Gasteiger partial charge in [0, 0.05) is 22.8 Å². The van der Waals surface area contributed by atoms with Crippen LogP contribution in [0.25, 0.3) is 0 Å². The third kappa shape index (κ3) is 2.86. The quantitative estimate of drug-likeness (QED) is 0.790. The van der Waals surface area contributed by atoms with Crippen LogP contribution in [0.1, 0.15) is 29.4 Å². The Bertz CT molecular complexity index is 483. The first-order valence-corrected chi connectivity index (χ1v) is 6.27. The third-order valence-corrected chi connectivity index (χ3v) is 3.25. The van der Waals surface area contributed by atoms with Crippen LogP contribution in [0.3, 0.4) is 0 Å². The van der Waals surface area contributed by atoms with Gasteiger partial charge in [-0.1, -0.05) is 48.9 Å². The average molecular weight is 246 g/mol. The molecule has 0 bridgehead atoms. The Balaban J connectivity index is 2.33. The molecular formula is C15H16ClN. The second-order valence-electron chi connectivity index (χ2n) is 4.18. The van der Waals surface area contributed by atoms with Crippen molar-refractivity contribution in [2.75, 3.05) is 0 Å². The van der Waals surface area contributed by atoms with Gasteiger partial charge in [-0.3, -0.25) is 4.98 Å². The normalized spacial score (nSPS) is 10.5. The number of hydrogen-bond acceptors (Lipinski definition) is 1. The largest absolute Gasteiger partial charge is 0.258 e. The van der Waals surface area contributed by atoms with Crippen LogP contribution in [0.5, 0.6) is 0 Å². The molecular weight excluding hydrogens is 230 g/mol. The lowest BCUT2D eigenvalue weighted by atomic mass is 10.0. The smallest absolute Gasteiger partial charge is 0.0477 e. The number of aromatic nitrogens is 1. The molecule has 0 saturated heterocycles. The molecule has 1 aromatic carbocycles. The topological polar surface area (TPSA) is 12.9 Å². The van der Waals surface area contributed by atoms with Gasteiger partial charge in [-0.2, -0.15) is 0 Å². The van der Waals surface area contributed by atoms with Crippen LogP contribution in [0.15, 0.2) is 36.4 Å². The maximum absolute atomic E-state index is 6.32. The number of rotatable bonds is 3. The van der Waals surface area contributed by atoms with Gasteiger partial charge in [0.1, 0.15) is 0 Å². The molecule has 17 heavy (non-hydrogen) atoms. The van der Waals surface area contributed by atoms with Crippen molar-refractivity contribution in [3.63, 3.8) is 0 Å². The molecule has 0 amide bonds. The van der Waals surface area contributed by atoms with Gasteiger partial charge >= 0.3 is 0 Å². The van der Waals surface area contributed by atoms with Crippen LogP contribution in [-0.2, 0) is 12.8 Å². The van der Waals surface area contributed by atoms with E-state index in [0.717, 1.165) is 34.8 Å². The molecule has 1 heterocycles. The van der Waals surface area contributed by atoms with Crippen molar-refractivity contribution in [3.05, 3.63) is 63.9 Å². The van der Waals surface area contributed by atoms with E-state index in [1.165, 1.54) is 5.56 Å². The zero-order chi connectivity index (χ0) is 12.3. The molecule has 0 unspecified atom stereocenters. The number of aryl methyl sites for hydroxylation is 2. The summed E-state index contributed by atoms with van der Waals surface area (Å²) >= 11 is 6.32. The molecule has 0 fully saturated rings. The minimum atomic E-state index is 0.832. The fraction of sp³-hybridized carbons (Fsp3) is 0.267. The summed E-state index contributed by atoms with van der Waals surface area (Å²) in [5.74, 6) is 0. The lowest BCUT2D eigenvalue weighted by Crippen LogP contribution is -1.99. The number of pyridine rings is 1. The van der Waals surface area contributed by atoms with Crippen LogP contribution in [0, 0.1) is 6.92 Å². The molecule has 0 radical (unpaired) electrons. The lowest BCUT2D eigenvalue weighted by molar-refractivity contribution is 0.976. The summed E-state index contributed by atoms with van der Waals surface area (Å²) in [6, 6.07) is 12.3. The number of benzene rings is 1. The molecule has 0 aliphatic heterocycles. The molecule has 0 aliphatic carbocycles. The minimum Gasteiger partial charge on any atom is -0.258 e. The first-order chi connectivity index (χ1) is 8.20. The van der Waals surface area contributed by atoms with Gasteiger partial charge in [0.15, 0.2) is 0 Å². The van der Waals surface area contributed by atoms with Crippen molar-refractivity contribution in [2.45, 2.75) is 26.7 Å². The summed E-state index contributed by atoms with van der Waals surface area (Å²) in [5, 5.41) is 0.832. The highest BCUT2D eigenvalue weighted by molar-refractivity contribution is 6.31. The van der Waals surface area contributed by atoms with E-state index in [2.05, 4.69) is 24.0 Å². The molecule has 0 atom stereocenters. The van der Waals surface area contributed by atoms with Crippen molar-refractivity contribution in [2.24, 2.45) is 0 Å². The molecule has 0 N–H and O–H groups in total. The molecule has 0 saturated carbocycles. The number of hydrogen-bond donors (Lipinski definition) is 0. The van der Waals surface area contributed by atoms with E-state index in [4.69, 9.17) is 11.6 Å². The summed E-state index contributed by atoms with van der Waals surface area (Å²) in [6.07, 6.45) is 1.77. The van der Waals surface area contributed by atoms with Crippen molar-refractivity contribution < 1.29 is 0 Å². The Morgan fingerprint density at radius 1 is 1.18 bits per heavy atom. The van der Waals surface area contributed by atoms with Gasteiger partial charge in [0.05, 0.1) is 0 Å². The maximum atomic E-state index is 6.32. The summed E-state index contributed by atoms with van der Waals surface area (Å²) in [5.41, 5.74) is 4.50. The van der Waals surface area contributed by atoms with E-state index >= 15 is 0 Å². The first kappa shape index (κ1) is 12.1. The van der Waals surface area contributed by atoms with Crippen LogP contribution in [0.2, 0.25) is 5.02 Å². The summed E-state index contributed by atoms with van der Waals surface area (Å²) in [7, 11) is 0. The van der Waals surface area contributed by atoms with Gasteiger partial charge in [-0.05, 0) is 30.5 Å². The third-order valence-electron chi connectivity index (χ3n) is 2.92. The second-order valence-corrected chi connectivity index (χ2v) is 4.58. The highest BCUT2D eigenvalue weighted by Crippen LogP contribution is 2.23. The molecule has 2 heteroatoms. The Morgan fingerprint density at radius 2 is 1.88 bits per heavy atom. The van der Waals surface area contributed by atoms with Gasteiger partial charge in [0.25, 0.3) is 0 Å². The molecule has 1 aromatic heterocycles. The summed E-state index contributed by atoms with van der Waals surface area (Å²) in [4.78, 5) is 4.56. The van der Waals surface area contributed by atoms with Gasteiger partial charge in [-0.25, -0.2) is 0 Å². The van der Waals surface area contributed by atoms with Crippen molar-refractivity contribution >= 4 is 11.6 Å². The lowest BCUT2D eigenvalue weighted by Gasteiger charge is -2.10. The molecule has 2 rings (SSSR count). The second kappa shape index (κ2) is 5.33. The Kier molecular flexibility index (Phi) is 3.80. The van der Waals surface area contributed by atoms with E-state index < -0.39 is 0 Å². The van der Waals surface area contributed by atoms with Crippen molar-refractivity contribution in [3.8, 4) is 0 Å². The fourth-order valence-electron chi connectivity index (χ4n) is 1.91. The van der Waals surface area contributed by atoms with Crippen molar-refractivity contribution in [1.29, 1.82) is 0 Å². The Hall–Kier alpha value is -1.34. The Morgan fingerprint density at radius 3 is 2.47 bits per heavy atom. The molecule has 0 spiro atoms. The van der Waals surface area contributed by atoms with Crippen LogP contribution < -0.4 is 0 Å². The van der Waals surface area contributed by atoms with E-state index in [-0.39, 0.29) is 0 Å². The van der Waals surface area contributed by atoms with Crippen molar-refractivity contribution in [1.82, 2.24) is 4.98 Å². The zero-order valence-corrected chi connectivity index (χ0v) is 11.0. The van der Waals surface area contributed by atoms with Crippen LogP contribution in [0.4, 0.5) is 0 Å². The predicted octanol–water partition coefficient (Wildman–Crippen LogP) is 4.20. The molecule has 88 valence electrons. The Labute approximate surface area is 107 Å². The van der Waals surface area contributed by atoms with Gasteiger partial charge in [-0.15, -0.1) is 0 Å². The first-order valence-electron chi connectivity index (χ1n) is 5.89. The van der Waals surface area contributed by atoms with Crippen LogP contribution in [-0.4, -0.2) is 4.98 Å². The zero-order valence-electron chi connectivity index (χ0n) is 10.2. The minimum absolute atomic E-state index is 0.832. The summed E-state index contributed by atoms with van der Waals surface area (Å²) < 4.78 is 0. The van der Waals surface area contributed by atoms with Crippen LogP contribution >= 0.6 is 11.6 Å². The SMILES string of the molecule is CCc1cc(Cl)c(Cc2ccccc2)c(C)n1. The van der Waals surface area contributed by atoms with Gasteiger partial charge < -0.3 is 0 Å². The monoisotopic (exact) mass is 245 g/mol. The molecule has 1 nitrogen and oxygen atoms in total. The summed E-state index contributed by atoms with van der Waals surface area (Å²) in [6.45, 7) is 4.12. The number of nitrogens with zero attached hydrogens (tertiary/aromatic N) is 1. The highest BCUT2D eigenvalue weighted by Gasteiger charge is 2.08. The molecule has 2 aromatic rings. The standard InChI is InChI=1S/C15H16ClN/c1-3-13-10-15(16)14(11(2)17-13)9-12-7-5-4-6-8-12/h4-8,10H,3,9H2,1-2H3. The van der Waals surface area contributed by atoms with E-state index in [9.17, 15) is 0 Å². The van der Waals surface area contributed by atoms with E-state index in [0.29, 0.717) is 0 Å². The average Bonchev–Trinajstić information content (AvgIpc) is 2.35. The van der Waals surface area contributed by atoms with Gasteiger partial charge in [0.2, 0.25) is 0 Å². The maximum Gasteiger partial charge on any atom is 0.0477 e. The molecule has 0 aliphatic rings.